The summed E-state index contributed by atoms with van der Waals surface area (Å²) in [5.41, 5.74) is 0.981. The van der Waals surface area contributed by atoms with Crippen LogP contribution in [0.15, 0.2) is 24.3 Å². The lowest BCUT2D eigenvalue weighted by Crippen LogP contribution is -2.53. The molecule has 1 fully saturated rings. The molecule has 1 N–H and O–H groups in total. The second-order valence-electron chi connectivity index (χ2n) is 5.40. The molecule has 0 spiro atoms. The molecule has 0 aliphatic carbocycles. The number of rotatable bonds is 4. The van der Waals surface area contributed by atoms with Crippen molar-refractivity contribution in [3.8, 4) is 0 Å². The number of nitrogens with zero attached hydrogens (tertiary/aromatic N) is 3. The normalized spacial score (nSPS) is 17.1. The van der Waals surface area contributed by atoms with Gasteiger partial charge in [-0.3, -0.25) is 14.6 Å². The van der Waals surface area contributed by atoms with Crippen LogP contribution in [0.25, 0.3) is 10.2 Å². The molecule has 1 aromatic heterocycles. The van der Waals surface area contributed by atoms with E-state index in [1.54, 1.807) is 11.3 Å². The Morgan fingerprint density at radius 1 is 1.41 bits per heavy atom. The van der Waals surface area contributed by atoms with Gasteiger partial charge in [0.1, 0.15) is 5.01 Å². The van der Waals surface area contributed by atoms with Crippen LogP contribution in [0.3, 0.4) is 0 Å². The Morgan fingerprint density at radius 3 is 2.91 bits per heavy atom. The minimum Gasteiger partial charge on any atom is -0.337 e. The van der Waals surface area contributed by atoms with E-state index in [0.29, 0.717) is 13.0 Å². The molecule has 2 heterocycles. The van der Waals surface area contributed by atoms with Crippen LogP contribution in [0.2, 0.25) is 0 Å². The van der Waals surface area contributed by atoms with Gasteiger partial charge in [-0.2, -0.15) is 0 Å². The van der Waals surface area contributed by atoms with Crippen LogP contribution in [0, 0.1) is 0 Å². The van der Waals surface area contributed by atoms with E-state index in [1.165, 1.54) is 4.90 Å². The standard InChI is InChI=1S/C15H18N4O2S/c1-10(14-17-11-5-3-4-6-12(11)22-14)18(2)9-19-13(20)7-8-16-15(19)21/h3-6,10H,7-9H2,1-2H3,(H,16,21)/t10-/m0/s1. The molecule has 0 radical (unpaired) electrons. The fourth-order valence-electron chi connectivity index (χ4n) is 2.37. The first-order valence-electron chi connectivity index (χ1n) is 7.20. The molecule has 1 aliphatic heterocycles. The Balaban J connectivity index is 1.74. The van der Waals surface area contributed by atoms with Crippen LogP contribution >= 0.6 is 11.3 Å². The molecular weight excluding hydrogens is 300 g/mol. The monoisotopic (exact) mass is 318 g/mol. The molecule has 3 rings (SSSR count). The summed E-state index contributed by atoms with van der Waals surface area (Å²) < 4.78 is 1.14. The largest absolute Gasteiger partial charge is 0.337 e. The number of aromatic nitrogens is 1. The van der Waals surface area contributed by atoms with Crippen molar-refractivity contribution in [2.75, 3.05) is 20.3 Å². The van der Waals surface area contributed by atoms with E-state index in [2.05, 4.69) is 10.3 Å². The molecule has 3 amide bonds. The lowest BCUT2D eigenvalue weighted by atomic mass is 10.3. The lowest BCUT2D eigenvalue weighted by molar-refractivity contribution is -0.131. The molecule has 6 nitrogen and oxygen atoms in total. The van der Waals surface area contributed by atoms with E-state index in [0.717, 1.165) is 15.2 Å². The molecule has 1 atom stereocenters. The van der Waals surface area contributed by atoms with Gasteiger partial charge >= 0.3 is 6.03 Å². The van der Waals surface area contributed by atoms with Gasteiger partial charge in [-0.25, -0.2) is 9.78 Å². The highest BCUT2D eigenvalue weighted by molar-refractivity contribution is 7.18. The molecule has 0 saturated carbocycles. The molecule has 22 heavy (non-hydrogen) atoms. The Labute approximate surface area is 132 Å². The smallest absolute Gasteiger partial charge is 0.325 e. The highest BCUT2D eigenvalue weighted by atomic mass is 32.1. The highest BCUT2D eigenvalue weighted by Gasteiger charge is 2.28. The predicted octanol–water partition coefficient (Wildman–Crippen LogP) is 2.19. The second-order valence-corrected chi connectivity index (χ2v) is 6.46. The molecule has 0 unspecified atom stereocenters. The molecule has 7 heteroatoms. The Kier molecular flexibility index (Phi) is 4.08. The summed E-state index contributed by atoms with van der Waals surface area (Å²) >= 11 is 1.64. The van der Waals surface area contributed by atoms with E-state index in [1.807, 2.05) is 43.1 Å². The number of para-hydroxylation sites is 1. The number of amides is 3. The zero-order valence-electron chi connectivity index (χ0n) is 12.6. The van der Waals surface area contributed by atoms with Gasteiger partial charge < -0.3 is 5.32 Å². The van der Waals surface area contributed by atoms with Crippen LogP contribution < -0.4 is 5.32 Å². The zero-order chi connectivity index (χ0) is 15.7. The van der Waals surface area contributed by atoms with E-state index >= 15 is 0 Å². The minimum atomic E-state index is -0.320. The van der Waals surface area contributed by atoms with Crippen LogP contribution in [0.1, 0.15) is 24.4 Å². The third kappa shape index (κ3) is 2.82. The molecule has 1 aliphatic rings. The Hall–Kier alpha value is -1.99. The number of carbonyl (C=O) groups excluding carboxylic acids is 2. The van der Waals surface area contributed by atoms with Gasteiger partial charge in [0, 0.05) is 13.0 Å². The summed E-state index contributed by atoms with van der Waals surface area (Å²) in [4.78, 5) is 31.5. The van der Waals surface area contributed by atoms with Gasteiger partial charge in [0.25, 0.3) is 0 Å². The number of nitrogens with one attached hydrogen (secondary N) is 1. The number of imide groups is 1. The number of carbonyl (C=O) groups is 2. The third-order valence-corrected chi connectivity index (χ3v) is 5.06. The highest BCUT2D eigenvalue weighted by Crippen LogP contribution is 2.28. The minimum absolute atomic E-state index is 0.0277. The molecular formula is C15H18N4O2S. The first kappa shape index (κ1) is 14.9. The average molecular weight is 318 g/mol. The zero-order valence-corrected chi connectivity index (χ0v) is 13.4. The van der Waals surface area contributed by atoms with Crippen molar-refractivity contribution in [3.63, 3.8) is 0 Å². The van der Waals surface area contributed by atoms with E-state index < -0.39 is 0 Å². The Morgan fingerprint density at radius 2 is 2.18 bits per heavy atom. The van der Waals surface area contributed by atoms with Crippen molar-refractivity contribution in [2.24, 2.45) is 0 Å². The van der Waals surface area contributed by atoms with Crippen LogP contribution in [-0.4, -0.2) is 47.0 Å². The summed E-state index contributed by atoms with van der Waals surface area (Å²) in [6.07, 6.45) is 0.356. The van der Waals surface area contributed by atoms with Crippen molar-refractivity contribution < 1.29 is 9.59 Å². The summed E-state index contributed by atoms with van der Waals surface area (Å²) in [5, 5.41) is 3.67. The average Bonchev–Trinajstić information content (AvgIpc) is 2.94. The van der Waals surface area contributed by atoms with Crippen molar-refractivity contribution in [3.05, 3.63) is 29.3 Å². The summed E-state index contributed by atoms with van der Waals surface area (Å²) in [6, 6.07) is 7.71. The van der Waals surface area contributed by atoms with Crippen LogP contribution in [0.5, 0.6) is 0 Å². The van der Waals surface area contributed by atoms with E-state index in [9.17, 15) is 9.59 Å². The number of thiazole rings is 1. The first-order valence-corrected chi connectivity index (χ1v) is 8.02. The van der Waals surface area contributed by atoms with Gasteiger partial charge in [-0.05, 0) is 26.1 Å². The quantitative estimate of drug-likeness (QED) is 0.938. The second kappa shape index (κ2) is 6.02. The predicted molar refractivity (Wildman–Crippen MR) is 85.5 cm³/mol. The maximum atomic E-state index is 11.9. The summed E-state index contributed by atoms with van der Waals surface area (Å²) in [5.74, 6) is -0.132. The fraction of sp³-hybridized carbons (Fsp3) is 0.400. The molecule has 1 aromatic carbocycles. The maximum Gasteiger partial charge on any atom is 0.325 e. The first-order chi connectivity index (χ1) is 10.6. The summed E-state index contributed by atoms with van der Waals surface area (Å²) in [6.45, 7) is 2.72. The third-order valence-electron chi connectivity index (χ3n) is 3.85. The van der Waals surface area contributed by atoms with Crippen molar-refractivity contribution in [1.82, 2.24) is 20.1 Å². The van der Waals surface area contributed by atoms with Crippen molar-refractivity contribution in [2.45, 2.75) is 19.4 Å². The van der Waals surface area contributed by atoms with Crippen molar-refractivity contribution >= 4 is 33.5 Å². The van der Waals surface area contributed by atoms with Gasteiger partial charge in [0.15, 0.2) is 0 Å². The molecule has 116 valence electrons. The van der Waals surface area contributed by atoms with E-state index in [4.69, 9.17) is 0 Å². The fourth-order valence-corrected chi connectivity index (χ4v) is 3.45. The lowest BCUT2D eigenvalue weighted by Gasteiger charge is -2.32. The van der Waals surface area contributed by atoms with Gasteiger partial charge in [-0.1, -0.05) is 12.1 Å². The topological polar surface area (TPSA) is 65.5 Å². The van der Waals surface area contributed by atoms with E-state index in [-0.39, 0.29) is 24.6 Å². The van der Waals surface area contributed by atoms with Gasteiger partial charge in [-0.15, -0.1) is 11.3 Å². The summed E-state index contributed by atoms with van der Waals surface area (Å²) in [7, 11) is 1.89. The molecule has 1 saturated heterocycles. The number of benzene rings is 1. The van der Waals surface area contributed by atoms with Crippen LogP contribution in [0.4, 0.5) is 4.79 Å². The number of fused-ring (bicyclic) bond motifs is 1. The van der Waals surface area contributed by atoms with Crippen molar-refractivity contribution in [1.29, 1.82) is 0 Å². The van der Waals surface area contributed by atoms with Crippen LogP contribution in [-0.2, 0) is 4.79 Å². The van der Waals surface area contributed by atoms with Gasteiger partial charge in [0.05, 0.1) is 22.9 Å². The molecule has 0 bridgehead atoms. The SMILES string of the molecule is C[C@@H](c1nc2ccccc2s1)N(C)CN1C(=O)CCNC1=O. The number of urea groups is 1. The number of hydrogen-bond donors (Lipinski definition) is 1. The van der Waals surface area contributed by atoms with Gasteiger partial charge in [0.2, 0.25) is 5.91 Å². The number of hydrogen-bond acceptors (Lipinski definition) is 5. The Bertz CT molecular complexity index is 665. The maximum absolute atomic E-state index is 11.9. The molecule has 2 aromatic rings.